The van der Waals surface area contributed by atoms with Crippen LogP contribution in [0, 0.1) is 0 Å². The van der Waals surface area contributed by atoms with Crippen molar-refractivity contribution in [2.24, 2.45) is 0 Å². The zero-order valence-corrected chi connectivity index (χ0v) is 16.1. The van der Waals surface area contributed by atoms with Crippen LogP contribution < -0.4 is 20.1 Å². The molecule has 1 aromatic rings. The lowest BCUT2D eigenvalue weighted by molar-refractivity contribution is -0.114. The summed E-state index contributed by atoms with van der Waals surface area (Å²) in [6.07, 6.45) is 2.07. The molecule has 25 heavy (non-hydrogen) atoms. The van der Waals surface area contributed by atoms with Gasteiger partial charge in [0.2, 0.25) is 0 Å². The minimum absolute atomic E-state index is 0.00577. The van der Waals surface area contributed by atoms with Crippen LogP contribution >= 0.6 is 12.2 Å². The Balaban J connectivity index is 2.37. The van der Waals surface area contributed by atoms with Crippen LogP contribution in [-0.4, -0.2) is 24.1 Å². The largest absolute Gasteiger partial charge is 0.490 e. The summed E-state index contributed by atoms with van der Waals surface area (Å²) >= 11 is 5.26. The lowest BCUT2D eigenvalue weighted by Crippen LogP contribution is -2.44. The molecule has 5 nitrogen and oxygen atoms in total. The first-order valence-corrected chi connectivity index (χ1v) is 9.07. The summed E-state index contributed by atoms with van der Waals surface area (Å²) in [6, 6.07) is 5.48. The molecule has 1 atom stereocenters. The first-order valence-electron chi connectivity index (χ1n) is 8.66. The third-order valence-corrected chi connectivity index (χ3v) is 4.22. The van der Waals surface area contributed by atoms with Gasteiger partial charge in [0.1, 0.15) is 0 Å². The number of hydrogen-bond acceptors (Lipinski definition) is 4. The molecule has 1 heterocycles. The third-order valence-electron chi connectivity index (χ3n) is 4.00. The summed E-state index contributed by atoms with van der Waals surface area (Å²) in [4.78, 5) is 12.1. The predicted molar refractivity (Wildman–Crippen MR) is 103 cm³/mol. The van der Waals surface area contributed by atoms with Gasteiger partial charge in [-0.1, -0.05) is 19.4 Å². The first-order chi connectivity index (χ1) is 12.0. The average Bonchev–Trinajstić information content (AvgIpc) is 2.55. The molecule has 0 saturated heterocycles. The standard InChI is InChI=1S/C19H26N2O3S/c1-5-7-10-24-15-9-8-14(11-16(15)23-6-2)18-17(13(4)22)12(3)20-19(25)21-18/h8-9,11,18H,5-7,10H2,1-4H3,(H2,20,21,25). The van der Waals surface area contributed by atoms with Crippen molar-refractivity contribution in [3.8, 4) is 11.5 Å². The zero-order valence-electron chi connectivity index (χ0n) is 15.3. The highest BCUT2D eigenvalue weighted by Crippen LogP contribution is 2.34. The number of allylic oxidation sites excluding steroid dienone is 1. The highest BCUT2D eigenvalue weighted by Gasteiger charge is 2.28. The molecule has 1 aliphatic heterocycles. The summed E-state index contributed by atoms with van der Waals surface area (Å²) in [5.41, 5.74) is 2.37. The fraction of sp³-hybridized carbons (Fsp3) is 0.474. The molecule has 0 spiro atoms. The molecule has 6 heteroatoms. The van der Waals surface area contributed by atoms with Gasteiger partial charge in [0.15, 0.2) is 22.4 Å². The van der Waals surface area contributed by atoms with E-state index in [1.165, 1.54) is 0 Å². The van der Waals surface area contributed by atoms with Gasteiger partial charge in [-0.25, -0.2) is 0 Å². The number of Topliss-reactive ketones (excluding diaryl/α,β-unsaturated/α-hetero) is 1. The van der Waals surface area contributed by atoms with Gasteiger partial charge >= 0.3 is 0 Å². The van der Waals surface area contributed by atoms with E-state index in [1.54, 1.807) is 6.92 Å². The van der Waals surface area contributed by atoms with Gasteiger partial charge in [-0.15, -0.1) is 0 Å². The molecule has 1 unspecified atom stereocenters. The number of benzene rings is 1. The highest BCUT2D eigenvalue weighted by atomic mass is 32.1. The maximum Gasteiger partial charge on any atom is 0.171 e. The SMILES string of the molecule is CCCCOc1ccc(C2NC(=S)NC(C)=C2C(C)=O)cc1OCC. The van der Waals surface area contributed by atoms with Crippen molar-refractivity contribution in [2.45, 2.75) is 46.6 Å². The maximum atomic E-state index is 12.1. The Morgan fingerprint density at radius 2 is 2.00 bits per heavy atom. The van der Waals surface area contributed by atoms with Crippen LogP contribution in [0.15, 0.2) is 29.5 Å². The summed E-state index contributed by atoms with van der Waals surface area (Å²) in [6.45, 7) is 8.69. The maximum absolute atomic E-state index is 12.1. The molecule has 0 radical (unpaired) electrons. The van der Waals surface area contributed by atoms with E-state index in [1.807, 2.05) is 32.0 Å². The summed E-state index contributed by atoms with van der Waals surface area (Å²) in [5, 5.41) is 6.71. The van der Waals surface area contributed by atoms with Gasteiger partial charge in [0.25, 0.3) is 0 Å². The molecule has 0 aliphatic carbocycles. The van der Waals surface area contributed by atoms with Crippen LogP contribution in [0.2, 0.25) is 0 Å². The van der Waals surface area contributed by atoms with Crippen molar-refractivity contribution in [2.75, 3.05) is 13.2 Å². The van der Waals surface area contributed by atoms with Gasteiger partial charge in [0.05, 0.1) is 19.3 Å². The smallest absolute Gasteiger partial charge is 0.171 e. The number of ketones is 1. The molecule has 0 fully saturated rings. The minimum atomic E-state index is -0.296. The number of carbonyl (C=O) groups is 1. The fourth-order valence-electron chi connectivity index (χ4n) is 2.83. The first kappa shape index (κ1) is 19.2. The second kappa shape index (κ2) is 8.85. The number of unbranched alkanes of at least 4 members (excludes halogenated alkanes) is 1. The molecule has 1 aromatic carbocycles. The van der Waals surface area contributed by atoms with Gasteiger partial charge in [-0.05, 0) is 57.1 Å². The van der Waals surface area contributed by atoms with Crippen LogP contribution in [0.1, 0.15) is 52.1 Å². The molecule has 0 aromatic heterocycles. The van der Waals surface area contributed by atoms with Crippen molar-refractivity contribution >= 4 is 23.1 Å². The Labute approximate surface area is 154 Å². The normalized spacial score (nSPS) is 17.0. The second-order valence-corrected chi connectivity index (χ2v) is 6.38. The van der Waals surface area contributed by atoms with Crippen molar-refractivity contribution in [1.82, 2.24) is 10.6 Å². The third kappa shape index (κ3) is 4.72. The monoisotopic (exact) mass is 362 g/mol. The molecular weight excluding hydrogens is 336 g/mol. The number of nitrogens with one attached hydrogen (secondary N) is 2. The lowest BCUT2D eigenvalue weighted by atomic mass is 9.93. The number of carbonyl (C=O) groups excluding carboxylic acids is 1. The van der Waals surface area contributed by atoms with Gasteiger partial charge < -0.3 is 20.1 Å². The molecule has 0 bridgehead atoms. The van der Waals surface area contributed by atoms with Crippen molar-refractivity contribution in [3.05, 3.63) is 35.0 Å². The van der Waals surface area contributed by atoms with E-state index in [2.05, 4.69) is 17.6 Å². The lowest BCUT2D eigenvalue weighted by Gasteiger charge is -2.30. The Bertz CT molecular complexity index is 685. The average molecular weight is 362 g/mol. The van der Waals surface area contributed by atoms with Crippen LogP contribution in [0.5, 0.6) is 11.5 Å². The Morgan fingerprint density at radius 1 is 1.24 bits per heavy atom. The number of ether oxygens (including phenoxy) is 2. The van der Waals surface area contributed by atoms with Gasteiger partial charge in [0, 0.05) is 11.3 Å². The second-order valence-electron chi connectivity index (χ2n) is 5.97. The molecule has 136 valence electrons. The van der Waals surface area contributed by atoms with Crippen molar-refractivity contribution in [1.29, 1.82) is 0 Å². The van der Waals surface area contributed by atoms with Crippen molar-refractivity contribution < 1.29 is 14.3 Å². The summed E-state index contributed by atoms with van der Waals surface area (Å²) in [5.74, 6) is 1.41. The number of rotatable bonds is 8. The van der Waals surface area contributed by atoms with Crippen LogP contribution in [0.25, 0.3) is 0 Å². The highest BCUT2D eigenvalue weighted by molar-refractivity contribution is 7.80. The van der Waals surface area contributed by atoms with E-state index < -0.39 is 0 Å². The number of hydrogen-bond donors (Lipinski definition) is 2. The van der Waals surface area contributed by atoms with E-state index >= 15 is 0 Å². The quantitative estimate of drug-likeness (QED) is 0.544. The molecular formula is C19H26N2O3S. The summed E-state index contributed by atoms with van der Waals surface area (Å²) in [7, 11) is 0. The van der Waals surface area contributed by atoms with E-state index in [0.717, 1.165) is 29.9 Å². The minimum Gasteiger partial charge on any atom is -0.490 e. The Kier molecular flexibility index (Phi) is 6.82. The van der Waals surface area contributed by atoms with Gasteiger partial charge in [-0.2, -0.15) is 0 Å². The molecule has 0 amide bonds. The van der Waals surface area contributed by atoms with E-state index in [0.29, 0.717) is 29.6 Å². The molecule has 2 rings (SSSR count). The molecule has 0 saturated carbocycles. The van der Waals surface area contributed by atoms with E-state index in [-0.39, 0.29) is 11.8 Å². The number of thiocarbonyl (C=S) groups is 1. The fourth-order valence-corrected chi connectivity index (χ4v) is 3.10. The van der Waals surface area contributed by atoms with Crippen LogP contribution in [0.3, 0.4) is 0 Å². The Morgan fingerprint density at radius 3 is 2.64 bits per heavy atom. The Hall–Kier alpha value is -2.08. The van der Waals surface area contributed by atoms with E-state index in [4.69, 9.17) is 21.7 Å². The summed E-state index contributed by atoms with van der Waals surface area (Å²) < 4.78 is 11.6. The molecule has 2 N–H and O–H groups in total. The van der Waals surface area contributed by atoms with Gasteiger partial charge in [-0.3, -0.25) is 4.79 Å². The predicted octanol–water partition coefficient (Wildman–Crippen LogP) is 3.65. The zero-order chi connectivity index (χ0) is 18.4. The van der Waals surface area contributed by atoms with E-state index in [9.17, 15) is 4.79 Å². The van der Waals surface area contributed by atoms with Crippen LogP contribution in [-0.2, 0) is 4.79 Å². The van der Waals surface area contributed by atoms with Crippen molar-refractivity contribution in [3.63, 3.8) is 0 Å². The molecule has 1 aliphatic rings. The van der Waals surface area contributed by atoms with Crippen LogP contribution in [0.4, 0.5) is 0 Å². The topological polar surface area (TPSA) is 59.6 Å².